The van der Waals surface area contributed by atoms with Crippen molar-refractivity contribution in [2.45, 2.75) is 13.8 Å². The molecule has 0 amide bonds. The van der Waals surface area contributed by atoms with Crippen LogP contribution in [0.4, 0.5) is 5.69 Å². The minimum absolute atomic E-state index is 0.0120. The van der Waals surface area contributed by atoms with Gasteiger partial charge in [0.05, 0.1) is 23.8 Å². The fraction of sp³-hybridized carbons (Fsp3) is 0.158. The highest BCUT2D eigenvalue weighted by atomic mass is 16.6. The van der Waals surface area contributed by atoms with Gasteiger partial charge in [-0.25, -0.2) is 4.79 Å². The van der Waals surface area contributed by atoms with Crippen LogP contribution in [-0.2, 0) is 9.53 Å². The summed E-state index contributed by atoms with van der Waals surface area (Å²) in [4.78, 5) is 27.3. The number of carboxylic acids is 1. The first-order chi connectivity index (χ1) is 12.8. The number of hydrogen-bond acceptors (Lipinski definition) is 6. The minimum atomic E-state index is -1.13. The van der Waals surface area contributed by atoms with Gasteiger partial charge in [0.25, 0.3) is 5.69 Å². The molecule has 27 heavy (non-hydrogen) atoms. The van der Waals surface area contributed by atoms with Gasteiger partial charge in [0.15, 0.2) is 5.75 Å². The summed E-state index contributed by atoms with van der Waals surface area (Å²) in [7, 11) is 1.40. The smallest absolute Gasteiger partial charge is 0.339 e. The summed E-state index contributed by atoms with van der Waals surface area (Å²) >= 11 is 0. The van der Waals surface area contributed by atoms with Crippen LogP contribution in [0.2, 0.25) is 0 Å². The van der Waals surface area contributed by atoms with Crippen LogP contribution in [0.1, 0.15) is 25.0 Å². The highest BCUT2D eigenvalue weighted by molar-refractivity contribution is 6.19. The number of benzene rings is 2. The average Bonchev–Trinajstić information content (AvgIpc) is 2.66. The molecule has 2 aromatic rings. The number of rotatable bonds is 7. The van der Waals surface area contributed by atoms with E-state index in [2.05, 4.69) is 5.16 Å². The molecule has 2 aromatic carbocycles. The maximum atomic E-state index is 11.7. The lowest BCUT2D eigenvalue weighted by Crippen LogP contribution is -2.09. The summed E-state index contributed by atoms with van der Waals surface area (Å²) in [5.74, 6) is -0.681. The number of aliphatic carboxylic acids is 1. The molecule has 0 aliphatic carbocycles. The third-order valence-electron chi connectivity index (χ3n) is 3.77. The van der Waals surface area contributed by atoms with Crippen molar-refractivity contribution in [1.29, 1.82) is 0 Å². The first-order valence-electron chi connectivity index (χ1n) is 7.89. The standard InChI is InChI=1S/C19H18N2O6/c1-12(20-27-15-8-6-7-14(11-15)21(24)25)16-9-4-5-10-17(16)18(19(22)23)13(2)26-3/h4-11H,1-3H3,(H,22,23). The molecule has 0 aliphatic heterocycles. The van der Waals surface area contributed by atoms with Gasteiger partial charge in [-0.1, -0.05) is 35.5 Å². The number of nitro benzene ring substituents is 1. The zero-order valence-electron chi connectivity index (χ0n) is 15.0. The summed E-state index contributed by atoms with van der Waals surface area (Å²) < 4.78 is 5.09. The predicted molar refractivity (Wildman–Crippen MR) is 99.6 cm³/mol. The Balaban J connectivity index is 2.41. The molecule has 140 valence electrons. The number of nitro groups is 1. The van der Waals surface area contributed by atoms with Crippen molar-refractivity contribution in [3.05, 3.63) is 75.5 Å². The lowest BCUT2D eigenvalue weighted by atomic mass is 9.96. The normalized spacial score (nSPS) is 12.2. The molecule has 0 atom stereocenters. The van der Waals surface area contributed by atoms with Crippen molar-refractivity contribution in [3.8, 4) is 5.75 Å². The van der Waals surface area contributed by atoms with Crippen molar-refractivity contribution in [1.82, 2.24) is 0 Å². The third kappa shape index (κ3) is 4.69. The van der Waals surface area contributed by atoms with Gasteiger partial charge in [-0.3, -0.25) is 10.1 Å². The van der Waals surface area contributed by atoms with Gasteiger partial charge in [0.1, 0.15) is 11.3 Å². The fourth-order valence-corrected chi connectivity index (χ4v) is 2.40. The minimum Gasteiger partial charge on any atom is -0.500 e. The largest absolute Gasteiger partial charge is 0.500 e. The summed E-state index contributed by atoms with van der Waals surface area (Å²) in [6.07, 6.45) is 0. The molecule has 0 spiro atoms. The van der Waals surface area contributed by atoms with Gasteiger partial charge in [-0.2, -0.15) is 0 Å². The fourth-order valence-electron chi connectivity index (χ4n) is 2.40. The van der Waals surface area contributed by atoms with E-state index in [-0.39, 0.29) is 22.8 Å². The number of carboxylic acid groups (broad SMARTS) is 1. The van der Waals surface area contributed by atoms with E-state index in [1.807, 2.05) is 0 Å². The summed E-state index contributed by atoms with van der Waals surface area (Å²) in [5, 5.41) is 24.4. The monoisotopic (exact) mass is 370 g/mol. The Labute approximate surface area is 155 Å². The van der Waals surface area contributed by atoms with Gasteiger partial charge < -0.3 is 14.7 Å². The van der Waals surface area contributed by atoms with E-state index in [0.717, 1.165) is 0 Å². The number of non-ortho nitro benzene ring substituents is 1. The second-order valence-electron chi connectivity index (χ2n) is 5.51. The van der Waals surface area contributed by atoms with Crippen molar-refractivity contribution in [2.24, 2.45) is 5.16 Å². The van der Waals surface area contributed by atoms with Gasteiger partial charge in [-0.05, 0) is 19.9 Å². The Morgan fingerprint density at radius 3 is 2.37 bits per heavy atom. The number of carbonyl (C=O) groups is 1. The molecule has 0 aliphatic rings. The zero-order chi connectivity index (χ0) is 20.0. The highest BCUT2D eigenvalue weighted by Gasteiger charge is 2.19. The Kier molecular flexibility index (Phi) is 6.27. The van der Waals surface area contributed by atoms with E-state index in [1.54, 1.807) is 38.1 Å². The van der Waals surface area contributed by atoms with E-state index >= 15 is 0 Å². The summed E-state index contributed by atoms with van der Waals surface area (Å²) in [6.45, 7) is 3.21. The van der Waals surface area contributed by atoms with Crippen molar-refractivity contribution in [3.63, 3.8) is 0 Å². The average molecular weight is 370 g/mol. The quantitative estimate of drug-likeness (QED) is 0.260. The number of ether oxygens (including phenoxy) is 1. The molecule has 8 heteroatoms. The molecule has 8 nitrogen and oxygen atoms in total. The second kappa shape index (κ2) is 8.61. The number of oxime groups is 1. The van der Waals surface area contributed by atoms with Crippen LogP contribution >= 0.6 is 0 Å². The van der Waals surface area contributed by atoms with Gasteiger partial charge in [0, 0.05) is 17.2 Å². The third-order valence-corrected chi connectivity index (χ3v) is 3.77. The first kappa shape index (κ1) is 19.6. The van der Waals surface area contributed by atoms with E-state index in [1.165, 1.54) is 31.4 Å². The van der Waals surface area contributed by atoms with E-state index in [9.17, 15) is 20.0 Å². The van der Waals surface area contributed by atoms with Crippen LogP contribution in [0.15, 0.2) is 59.4 Å². The Morgan fingerprint density at radius 1 is 1.11 bits per heavy atom. The van der Waals surface area contributed by atoms with Gasteiger partial charge >= 0.3 is 5.97 Å². The number of nitrogens with zero attached hydrogens (tertiary/aromatic N) is 2. The molecule has 0 unspecified atom stereocenters. The summed E-state index contributed by atoms with van der Waals surface area (Å²) in [5.41, 5.74) is 1.26. The second-order valence-corrected chi connectivity index (χ2v) is 5.51. The van der Waals surface area contributed by atoms with E-state index < -0.39 is 10.9 Å². The molecule has 0 aromatic heterocycles. The Bertz CT molecular complexity index is 933. The maximum absolute atomic E-state index is 11.7. The molecular formula is C19H18N2O6. The number of hydrogen-bond donors (Lipinski definition) is 1. The van der Waals surface area contributed by atoms with Gasteiger partial charge in [-0.15, -0.1) is 0 Å². The van der Waals surface area contributed by atoms with Crippen LogP contribution in [0.25, 0.3) is 5.57 Å². The van der Waals surface area contributed by atoms with Crippen LogP contribution in [-0.4, -0.2) is 28.8 Å². The van der Waals surface area contributed by atoms with Crippen molar-refractivity contribution < 1.29 is 24.4 Å². The molecule has 2 rings (SSSR count). The summed E-state index contributed by atoms with van der Waals surface area (Å²) in [6, 6.07) is 12.4. The molecule has 0 saturated heterocycles. The molecule has 0 heterocycles. The van der Waals surface area contributed by atoms with Gasteiger partial charge in [0.2, 0.25) is 0 Å². The lowest BCUT2D eigenvalue weighted by Gasteiger charge is -2.12. The van der Waals surface area contributed by atoms with E-state index in [4.69, 9.17) is 9.57 Å². The molecular weight excluding hydrogens is 352 g/mol. The lowest BCUT2D eigenvalue weighted by molar-refractivity contribution is -0.384. The number of methoxy groups -OCH3 is 1. The molecule has 0 radical (unpaired) electrons. The Hall–Kier alpha value is -3.68. The van der Waals surface area contributed by atoms with Crippen molar-refractivity contribution in [2.75, 3.05) is 7.11 Å². The topological polar surface area (TPSA) is 111 Å². The molecule has 0 saturated carbocycles. The van der Waals surface area contributed by atoms with Crippen LogP contribution in [0.3, 0.4) is 0 Å². The molecule has 0 fully saturated rings. The molecule has 1 N–H and O–H groups in total. The van der Waals surface area contributed by atoms with Crippen LogP contribution in [0.5, 0.6) is 5.75 Å². The first-order valence-corrected chi connectivity index (χ1v) is 7.89. The number of allylic oxidation sites excluding steroid dienone is 1. The van der Waals surface area contributed by atoms with Crippen LogP contribution < -0.4 is 4.84 Å². The highest BCUT2D eigenvalue weighted by Crippen LogP contribution is 2.25. The molecule has 0 bridgehead atoms. The maximum Gasteiger partial charge on any atom is 0.339 e. The zero-order valence-corrected chi connectivity index (χ0v) is 15.0. The SMILES string of the molecule is COC(C)=C(C(=O)O)c1ccccc1C(C)=NOc1cccc([N+](=O)[O-])c1. The van der Waals surface area contributed by atoms with Crippen molar-refractivity contribution >= 4 is 22.9 Å². The predicted octanol–water partition coefficient (Wildman–Crippen LogP) is 3.86. The van der Waals surface area contributed by atoms with Crippen LogP contribution in [0, 0.1) is 10.1 Å². The Morgan fingerprint density at radius 2 is 1.78 bits per heavy atom. The van der Waals surface area contributed by atoms with E-state index in [0.29, 0.717) is 16.8 Å².